The Bertz CT molecular complexity index is 995. The molecule has 0 saturated carbocycles. The molecule has 6 nitrogen and oxygen atoms in total. The first-order valence-electron chi connectivity index (χ1n) is 11.3. The third kappa shape index (κ3) is 3.33. The zero-order valence-electron chi connectivity index (χ0n) is 18.9. The van der Waals surface area contributed by atoms with Crippen molar-refractivity contribution in [2.45, 2.75) is 50.9 Å². The summed E-state index contributed by atoms with van der Waals surface area (Å²) in [5.74, 6) is 2.58. The number of rotatable bonds is 4. The van der Waals surface area contributed by atoms with E-state index in [9.17, 15) is 0 Å². The first-order valence-corrected chi connectivity index (χ1v) is 11.3. The molecule has 5 rings (SSSR count). The number of ether oxygens (including phenoxy) is 3. The normalized spacial score (nSPS) is 26.9. The van der Waals surface area contributed by atoms with Gasteiger partial charge in [0.2, 0.25) is 5.72 Å². The van der Waals surface area contributed by atoms with Crippen LogP contribution in [0.4, 0.5) is 0 Å². The monoisotopic (exact) mass is 422 g/mol. The van der Waals surface area contributed by atoms with E-state index in [0.717, 1.165) is 60.9 Å². The smallest absolute Gasteiger partial charge is 0.208 e. The fourth-order valence-corrected chi connectivity index (χ4v) is 5.30. The quantitative estimate of drug-likeness (QED) is 0.823. The van der Waals surface area contributed by atoms with Gasteiger partial charge in [0.25, 0.3) is 0 Å². The molecule has 0 aliphatic carbocycles. The Kier molecular flexibility index (Phi) is 5.05. The Balaban J connectivity index is 1.54. The van der Waals surface area contributed by atoms with E-state index < -0.39 is 0 Å². The van der Waals surface area contributed by atoms with E-state index in [1.54, 1.807) is 19.1 Å². The molecule has 0 bridgehead atoms. The van der Waals surface area contributed by atoms with Crippen LogP contribution in [0.3, 0.4) is 0 Å². The summed E-state index contributed by atoms with van der Waals surface area (Å²) in [5, 5.41) is 7.45. The highest BCUT2D eigenvalue weighted by Crippen LogP contribution is 2.49. The predicted molar refractivity (Wildman–Crippen MR) is 120 cm³/mol. The maximum absolute atomic E-state index is 6.73. The van der Waals surface area contributed by atoms with Crippen LogP contribution in [-0.4, -0.2) is 49.8 Å². The number of para-hydroxylation sites is 1. The summed E-state index contributed by atoms with van der Waals surface area (Å²) >= 11 is 0. The zero-order chi connectivity index (χ0) is 21.6. The molecule has 0 aromatic heterocycles. The summed E-state index contributed by atoms with van der Waals surface area (Å²) in [6.45, 7) is 6.80. The van der Waals surface area contributed by atoms with Gasteiger partial charge in [0, 0.05) is 23.6 Å². The second-order valence-electron chi connectivity index (χ2n) is 9.08. The summed E-state index contributed by atoms with van der Waals surface area (Å²) in [5.41, 5.74) is 2.91. The fraction of sp³-hybridized carbons (Fsp3) is 0.480. The van der Waals surface area contributed by atoms with Crippen LogP contribution < -0.4 is 19.1 Å². The van der Waals surface area contributed by atoms with Gasteiger partial charge in [-0.25, -0.2) is 5.01 Å². The lowest BCUT2D eigenvalue weighted by atomic mass is 9.90. The lowest BCUT2D eigenvalue weighted by molar-refractivity contribution is -0.929. The minimum Gasteiger partial charge on any atom is -0.497 e. The lowest BCUT2D eigenvalue weighted by Crippen LogP contribution is -3.16. The van der Waals surface area contributed by atoms with E-state index in [-0.39, 0.29) is 11.8 Å². The van der Waals surface area contributed by atoms with Gasteiger partial charge < -0.3 is 19.1 Å². The topological polar surface area (TPSA) is 47.7 Å². The largest absolute Gasteiger partial charge is 0.497 e. The van der Waals surface area contributed by atoms with Gasteiger partial charge in [0.1, 0.15) is 17.2 Å². The van der Waals surface area contributed by atoms with Gasteiger partial charge in [0.15, 0.2) is 0 Å². The number of nitrogens with zero attached hydrogens (tertiary/aromatic N) is 2. The molecule has 2 aromatic rings. The number of benzene rings is 2. The predicted octanol–water partition coefficient (Wildman–Crippen LogP) is 3.03. The summed E-state index contributed by atoms with van der Waals surface area (Å²) in [6, 6.07) is 15.2. The first kappa shape index (κ1) is 20.2. The number of fused-ring (bicyclic) bond motifs is 4. The number of hydrogen-bond acceptors (Lipinski definition) is 5. The average Bonchev–Trinajstić information content (AvgIpc) is 3.25. The van der Waals surface area contributed by atoms with E-state index >= 15 is 0 Å². The van der Waals surface area contributed by atoms with Crippen molar-refractivity contribution in [1.29, 1.82) is 0 Å². The van der Waals surface area contributed by atoms with Crippen molar-refractivity contribution in [2.75, 3.05) is 27.3 Å². The molecule has 3 heterocycles. The highest BCUT2D eigenvalue weighted by Gasteiger charge is 2.53. The Labute approximate surface area is 184 Å². The molecule has 1 atom stereocenters. The van der Waals surface area contributed by atoms with Crippen LogP contribution in [0.5, 0.6) is 17.2 Å². The molecule has 3 aliphatic heterocycles. The van der Waals surface area contributed by atoms with Crippen molar-refractivity contribution < 1.29 is 19.1 Å². The van der Waals surface area contributed by atoms with Crippen LogP contribution in [-0.2, 0) is 0 Å². The summed E-state index contributed by atoms with van der Waals surface area (Å²) in [6.07, 6.45) is 2.79. The third-order valence-electron chi connectivity index (χ3n) is 7.12. The number of hydrogen-bond donors (Lipinski definition) is 1. The Morgan fingerprint density at radius 1 is 1.10 bits per heavy atom. The molecular weight excluding hydrogens is 390 g/mol. The van der Waals surface area contributed by atoms with Crippen LogP contribution in [0, 0.1) is 0 Å². The molecule has 0 radical (unpaired) electrons. The second kappa shape index (κ2) is 7.75. The van der Waals surface area contributed by atoms with Crippen LogP contribution in [0.1, 0.15) is 50.3 Å². The van der Waals surface area contributed by atoms with Crippen molar-refractivity contribution in [3.63, 3.8) is 0 Å². The molecule has 3 aliphatic rings. The standard InChI is InChI=1S/C25H31N3O3/c1-17(2)27-13-11-25(12-14-27)28-22(20-7-5-6-8-23(20)31-25)16-21(26-28)19-10-9-18(29-3)15-24(19)30-4/h5-10,15,17,22H,11-14,16H2,1-4H3/p+1/t22-/m0/s1. The minimum atomic E-state index is -0.376. The number of methoxy groups -OCH3 is 2. The van der Waals surface area contributed by atoms with Crippen molar-refractivity contribution in [3.8, 4) is 17.2 Å². The molecule has 1 spiro atoms. The lowest BCUT2D eigenvalue weighted by Gasteiger charge is -2.50. The SMILES string of the molecule is COc1ccc(C2=NN3[C@@H](C2)c2ccccc2OC32CC[NH+](C(C)C)CC2)c(OC)c1. The van der Waals surface area contributed by atoms with E-state index in [2.05, 4.69) is 49.2 Å². The van der Waals surface area contributed by atoms with Gasteiger partial charge >= 0.3 is 0 Å². The van der Waals surface area contributed by atoms with Gasteiger partial charge in [-0.1, -0.05) is 18.2 Å². The highest BCUT2D eigenvalue weighted by atomic mass is 16.5. The Morgan fingerprint density at radius 3 is 2.58 bits per heavy atom. The number of nitrogens with one attached hydrogen (secondary N) is 1. The number of piperidine rings is 1. The van der Waals surface area contributed by atoms with E-state index in [1.807, 2.05) is 12.1 Å². The van der Waals surface area contributed by atoms with Crippen molar-refractivity contribution in [3.05, 3.63) is 53.6 Å². The molecular formula is C25H32N3O3+. The van der Waals surface area contributed by atoms with E-state index in [4.69, 9.17) is 19.3 Å². The molecule has 1 N–H and O–H groups in total. The molecule has 2 aromatic carbocycles. The fourth-order valence-electron chi connectivity index (χ4n) is 5.30. The van der Waals surface area contributed by atoms with Crippen LogP contribution in [0.2, 0.25) is 0 Å². The summed E-state index contributed by atoms with van der Waals surface area (Å²) in [4.78, 5) is 1.64. The zero-order valence-corrected chi connectivity index (χ0v) is 18.9. The van der Waals surface area contributed by atoms with Crippen molar-refractivity contribution >= 4 is 5.71 Å². The van der Waals surface area contributed by atoms with Gasteiger partial charge in [0.05, 0.1) is 57.9 Å². The van der Waals surface area contributed by atoms with Crippen molar-refractivity contribution in [2.24, 2.45) is 5.10 Å². The number of likely N-dealkylation sites (tertiary alicyclic amines) is 1. The molecule has 1 fully saturated rings. The Morgan fingerprint density at radius 2 is 1.87 bits per heavy atom. The van der Waals surface area contributed by atoms with Gasteiger partial charge in [-0.2, -0.15) is 5.10 Å². The highest BCUT2D eigenvalue weighted by molar-refractivity contribution is 6.04. The van der Waals surface area contributed by atoms with Gasteiger partial charge in [-0.3, -0.25) is 0 Å². The van der Waals surface area contributed by atoms with E-state index in [1.165, 1.54) is 5.56 Å². The number of quaternary nitrogens is 1. The minimum absolute atomic E-state index is 0.187. The maximum atomic E-state index is 6.73. The summed E-state index contributed by atoms with van der Waals surface area (Å²) < 4.78 is 17.8. The van der Waals surface area contributed by atoms with Crippen LogP contribution >= 0.6 is 0 Å². The number of hydrazone groups is 1. The van der Waals surface area contributed by atoms with Gasteiger partial charge in [-0.15, -0.1) is 0 Å². The van der Waals surface area contributed by atoms with Crippen molar-refractivity contribution in [1.82, 2.24) is 5.01 Å². The molecule has 164 valence electrons. The third-order valence-corrected chi connectivity index (χ3v) is 7.12. The van der Waals surface area contributed by atoms with E-state index in [0.29, 0.717) is 6.04 Å². The van der Waals surface area contributed by atoms with Crippen LogP contribution in [0.15, 0.2) is 47.6 Å². The molecule has 1 saturated heterocycles. The first-order chi connectivity index (χ1) is 15.0. The Hall–Kier alpha value is -2.73. The summed E-state index contributed by atoms with van der Waals surface area (Å²) in [7, 11) is 3.37. The second-order valence-corrected chi connectivity index (χ2v) is 9.08. The molecule has 6 heteroatoms. The molecule has 0 unspecified atom stereocenters. The van der Waals surface area contributed by atoms with Gasteiger partial charge in [-0.05, 0) is 32.0 Å². The molecule has 31 heavy (non-hydrogen) atoms. The molecule has 0 amide bonds. The maximum Gasteiger partial charge on any atom is 0.208 e. The average molecular weight is 423 g/mol. The van der Waals surface area contributed by atoms with Crippen LogP contribution in [0.25, 0.3) is 0 Å².